The zero-order chi connectivity index (χ0) is 14.6. The Kier molecular flexibility index (Phi) is 5.01. The van der Waals surface area contributed by atoms with Gasteiger partial charge in [0.25, 0.3) is 0 Å². The van der Waals surface area contributed by atoms with Gasteiger partial charge in [-0.3, -0.25) is 4.72 Å². The molecule has 0 saturated heterocycles. The maximum absolute atomic E-state index is 11.6. The average Bonchev–Trinajstić information content (AvgIpc) is 2.22. The van der Waals surface area contributed by atoms with Crippen molar-refractivity contribution in [1.29, 1.82) is 0 Å². The largest absolute Gasteiger partial charge is 0.505 e. The molecule has 106 valence electrons. The fourth-order valence-corrected chi connectivity index (χ4v) is 2.25. The van der Waals surface area contributed by atoms with Crippen LogP contribution in [0.1, 0.15) is 13.8 Å². The van der Waals surface area contributed by atoms with Crippen molar-refractivity contribution in [2.75, 3.05) is 4.72 Å². The SMILES string of the molecule is CC(C)OC(=O)NS(=O)(=O)Nc1cccc(Br)c1O. The molecule has 0 saturated carbocycles. The average molecular weight is 353 g/mol. The van der Waals surface area contributed by atoms with Crippen LogP contribution in [0.4, 0.5) is 10.5 Å². The van der Waals surface area contributed by atoms with Crippen LogP contribution in [-0.4, -0.2) is 25.7 Å². The number of benzene rings is 1. The molecule has 0 fully saturated rings. The van der Waals surface area contributed by atoms with Crippen molar-refractivity contribution >= 4 is 37.9 Å². The second-order valence-electron chi connectivity index (χ2n) is 3.80. The number of halogens is 1. The fourth-order valence-electron chi connectivity index (χ4n) is 1.12. The molecule has 1 aromatic carbocycles. The molecule has 0 radical (unpaired) electrons. The molecule has 19 heavy (non-hydrogen) atoms. The summed E-state index contributed by atoms with van der Waals surface area (Å²) >= 11 is 3.04. The van der Waals surface area contributed by atoms with Crippen LogP contribution in [0.15, 0.2) is 22.7 Å². The highest BCUT2D eigenvalue weighted by atomic mass is 79.9. The molecule has 7 nitrogen and oxygen atoms in total. The normalized spacial score (nSPS) is 11.2. The van der Waals surface area contributed by atoms with Gasteiger partial charge in [0.15, 0.2) is 5.75 Å². The third-order valence-corrected chi connectivity index (χ3v) is 3.36. The molecule has 0 unspecified atom stereocenters. The lowest BCUT2D eigenvalue weighted by molar-refractivity contribution is 0.121. The van der Waals surface area contributed by atoms with Gasteiger partial charge in [-0.1, -0.05) is 6.07 Å². The van der Waals surface area contributed by atoms with E-state index < -0.39 is 22.4 Å². The third-order valence-electron chi connectivity index (χ3n) is 1.79. The Morgan fingerprint density at radius 2 is 2.05 bits per heavy atom. The van der Waals surface area contributed by atoms with Crippen molar-refractivity contribution in [2.24, 2.45) is 0 Å². The Balaban J connectivity index is 2.80. The molecule has 0 aliphatic carbocycles. The van der Waals surface area contributed by atoms with Gasteiger partial charge in [0.1, 0.15) is 0 Å². The Labute approximate surface area is 119 Å². The number of carbonyl (C=O) groups excluding carboxylic acids is 1. The molecule has 1 rings (SSSR count). The van der Waals surface area contributed by atoms with Gasteiger partial charge in [-0.15, -0.1) is 0 Å². The minimum absolute atomic E-state index is 0.0702. The number of nitrogens with one attached hydrogen (secondary N) is 2. The quantitative estimate of drug-likeness (QED) is 0.718. The molecular weight excluding hydrogens is 340 g/mol. The van der Waals surface area contributed by atoms with Crippen molar-refractivity contribution < 1.29 is 23.1 Å². The van der Waals surface area contributed by atoms with E-state index in [1.54, 1.807) is 18.6 Å². The lowest BCUT2D eigenvalue weighted by atomic mass is 10.3. The summed E-state index contributed by atoms with van der Waals surface area (Å²) in [7, 11) is -4.17. The number of phenols is 1. The van der Waals surface area contributed by atoms with Gasteiger partial charge in [0.2, 0.25) is 0 Å². The van der Waals surface area contributed by atoms with Crippen LogP contribution in [0.3, 0.4) is 0 Å². The van der Waals surface area contributed by atoms with E-state index in [2.05, 4.69) is 20.7 Å². The minimum atomic E-state index is -4.17. The molecule has 0 aliphatic heterocycles. The maximum Gasteiger partial charge on any atom is 0.422 e. The number of aromatic hydroxyl groups is 1. The Morgan fingerprint density at radius 3 is 2.63 bits per heavy atom. The van der Waals surface area contributed by atoms with E-state index in [-0.39, 0.29) is 11.4 Å². The second-order valence-corrected chi connectivity index (χ2v) is 6.07. The molecule has 3 N–H and O–H groups in total. The lowest BCUT2D eigenvalue weighted by Gasteiger charge is -2.12. The highest BCUT2D eigenvalue weighted by Crippen LogP contribution is 2.31. The van der Waals surface area contributed by atoms with Gasteiger partial charge in [-0.2, -0.15) is 8.42 Å². The highest BCUT2D eigenvalue weighted by Gasteiger charge is 2.18. The van der Waals surface area contributed by atoms with Crippen molar-refractivity contribution in [1.82, 2.24) is 4.72 Å². The first-order valence-electron chi connectivity index (χ1n) is 5.20. The van der Waals surface area contributed by atoms with Crippen LogP contribution in [0.2, 0.25) is 0 Å². The van der Waals surface area contributed by atoms with E-state index in [1.807, 2.05) is 4.72 Å². The van der Waals surface area contributed by atoms with Gasteiger partial charge in [-0.25, -0.2) is 9.52 Å². The van der Waals surface area contributed by atoms with Gasteiger partial charge in [0, 0.05) is 0 Å². The summed E-state index contributed by atoms with van der Waals surface area (Å²) in [6.45, 7) is 3.17. The number of anilines is 1. The van der Waals surface area contributed by atoms with E-state index in [9.17, 15) is 18.3 Å². The molecule has 0 spiro atoms. The molecular formula is C10H13BrN2O5S. The number of amides is 1. The highest BCUT2D eigenvalue weighted by molar-refractivity contribution is 9.10. The van der Waals surface area contributed by atoms with Crippen LogP contribution in [-0.2, 0) is 14.9 Å². The maximum atomic E-state index is 11.6. The summed E-state index contributed by atoms with van der Waals surface area (Å²) in [6, 6.07) is 4.40. The van der Waals surface area contributed by atoms with Crippen LogP contribution < -0.4 is 9.44 Å². The topological polar surface area (TPSA) is 105 Å². The number of para-hydroxylation sites is 1. The van der Waals surface area contributed by atoms with Crippen LogP contribution in [0, 0.1) is 0 Å². The number of hydrogen-bond donors (Lipinski definition) is 3. The summed E-state index contributed by atoms with van der Waals surface area (Å²) < 4.78 is 31.8. The van der Waals surface area contributed by atoms with Crippen molar-refractivity contribution in [3.05, 3.63) is 22.7 Å². The third kappa shape index (κ3) is 4.95. The first-order chi connectivity index (χ1) is 8.71. The fraction of sp³-hybridized carbons (Fsp3) is 0.300. The number of phenolic OH excluding ortho intramolecular Hbond substituents is 1. The summed E-state index contributed by atoms with van der Waals surface area (Å²) in [6.07, 6.45) is -1.55. The molecule has 1 aromatic rings. The summed E-state index contributed by atoms with van der Waals surface area (Å²) in [4.78, 5) is 11.2. The van der Waals surface area contributed by atoms with E-state index in [0.29, 0.717) is 4.47 Å². The van der Waals surface area contributed by atoms with Crippen molar-refractivity contribution in [3.8, 4) is 5.75 Å². The van der Waals surface area contributed by atoms with Crippen molar-refractivity contribution in [2.45, 2.75) is 20.0 Å². The predicted molar refractivity (Wildman–Crippen MR) is 73.1 cm³/mol. The summed E-state index contributed by atoms with van der Waals surface area (Å²) in [5, 5.41) is 9.62. The molecule has 0 atom stereocenters. The molecule has 0 bridgehead atoms. The monoisotopic (exact) mass is 352 g/mol. The van der Waals surface area contributed by atoms with Crippen LogP contribution in [0.25, 0.3) is 0 Å². The molecule has 9 heteroatoms. The van der Waals surface area contributed by atoms with Crippen molar-refractivity contribution in [3.63, 3.8) is 0 Å². The first kappa shape index (κ1) is 15.6. The van der Waals surface area contributed by atoms with Crippen LogP contribution >= 0.6 is 15.9 Å². The number of ether oxygens (including phenoxy) is 1. The number of hydrogen-bond acceptors (Lipinski definition) is 5. The lowest BCUT2D eigenvalue weighted by Crippen LogP contribution is -2.36. The molecule has 0 aliphatic rings. The summed E-state index contributed by atoms with van der Waals surface area (Å²) in [5.41, 5.74) is -0.0702. The van der Waals surface area contributed by atoms with Gasteiger partial charge in [0.05, 0.1) is 16.3 Å². The van der Waals surface area contributed by atoms with E-state index in [4.69, 9.17) is 0 Å². The Morgan fingerprint density at radius 1 is 1.42 bits per heavy atom. The van der Waals surface area contributed by atoms with Crippen LogP contribution in [0.5, 0.6) is 5.75 Å². The molecule has 0 aromatic heterocycles. The van der Waals surface area contributed by atoms with Gasteiger partial charge < -0.3 is 9.84 Å². The van der Waals surface area contributed by atoms with Gasteiger partial charge in [-0.05, 0) is 41.9 Å². The van der Waals surface area contributed by atoms with Gasteiger partial charge >= 0.3 is 16.3 Å². The zero-order valence-corrected chi connectivity index (χ0v) is 12.6. The zero-order valence-electron chi connectivity index (χ0n) is 10.2. The molecule has 1 amide bonds. The Hall–Kier alpha value is -1.48. The van der Waals surface area contributed by atoms with E-state index >= 15 is 0 Å². The second kappa shape index (κ2) is 6.11. The van der Waals surface area contributed by atoms with E-state index in [1.165, 1.54) is 18.2 Å². The summed E-state index contributed by atoms with van der Waals surface area (Å²) in [5.74, 6) is -0.287. The minimum Gasteiger partial charge on any atom is -0.505 e. The number of rotatable bonds is 4. The first-order valence-corrected chi connectivity index (χ1v) is 7.47. The number of carbonyl (C=O) groups is 1. The Bertz CT molecular complexity index is 573. The van der Waals surface area contributed by atoms with E-state index in [0.717, 1.165) is 0 Å². The standard InChI is InChI=1S/C10H13BrN2O5S/c1-6(2)18-10(15)13-19(16,17)12-8-5-3-4-7(11)9(8)14/h3-6,12,14H,1-2H3,(H,13,15). The smallest absolute Gasteiger partial charge is 0.422 e. The molecule has 0 heterocycles. The predicted octanol–water partition coefficient (Wildman–Crippen LogP) is 1.95.